The number of benzene rings is 1. The number of nitrogens with zero attached hydrogens (tertiary/aromatic N) is 4. The van der Waals surface area contributed by atoms with Crippen LogP contribution in [-0.2, 0) is 24.5 Å². The van der Waals surface area contributed by atoms with E-state index in [4.69, 9.17) is 9.47 Å². The Morgan fingerprint density at radius 2 is 1.55 bits per heavy atom. The third kappa shape index (κ3) is 2.16. The summed E-state index contributed by atoms with van der Waals surface area (Å²) in [5.74, 6) is -5.21. The minimum atomic E-state index is -2.53. The SMILES string of the molecule is COC(=O)[C@@H]1c2[nH]c3ccccc3c2C(C#N)(C#N)C(C#N)(C#N)[C@@H]1C(=O)OC. The highest BCUT2D eigenvalue weighted by atomic mass is 16.5. The highest BCUT2D eigenvalue weighted by Crippen LogP contribution is 2.59. The summed E-state index contributed by atoms with van der Waals surface area (Å²) in [4.78, 5) is 28.4. The van der Waals surface area contributed by atoms with Crippen LogP contribution < -0.4 is 0 Å². The molecule has 1 aromatic carbocycles. The van der Waals surface area contributed by atoms with Crippen molar-refractivity contribution in [2.24, 2.45) is 11.3 Å². The molecule has 0 amide bonds. The van der Waals surface area contributed by atoms with Crippen LogP contribution in [0.5, 0.6) is 0 Å². The van der Waals surface area contributed by atoms with Gasteiger partial charge in [0.15, 0.2) is 5.41 Å². The van der Waals surface area contributed by atoms with Gasteiger partial charge in [-0.25, -0.2) is 0 Å². The lowest BCUT2D eigenvalue weighted by atomic mass is 9.49. The average molecular weight is 387 g/mol. The highest BCUT2D eigenvalue weighted by Gasteiger charge is 2.71. The topological polar surface area (TPSA) is 164 Å². The molecule has 142 valence electrons. The van der Waals surface area contributed by atoms with Gasteiger partial charge in [-0.2, -0.15) is 21.0 Å². The molecule has 0 unspecified atom stereocenters. The van der Waals surface area contributed by atoms with Crippen LogP contribution in [0.15, 0.2) is 24.3 Å². The molecule has 2 aromatic rings. The van der Waals surface area contributed by atoms with E-state index in [1.807, 2.05) is 0 Å². The lowest BCUT2D eigenvalue weighted by molar-refractivity contribution is -0.158. The quantitative estimate of drug-likeness (QED) is 0.758. The van der Waals surface area contributed by atoms with Gasteiger partial charge in [0.05, 0.1) is 38.5 Å². The monoisotopic (exact) mass is 387 g/mol. The van der Waals surface area contributed by atoms with Gasteiger partial charge >= 0.3 is 11.9 Å². The van der Waals surface area contributed by atoms with Crippen LogP contribution in [0.1, 0.15) is 17.2 Å². The van der Waals surface area contributed by atoms with E-state index >= 15 is 0 Å². The van der Waals surface area contributed by atoms with Crippen molar-refractivity contribution in [3.8, 4) is 24.3 Å². The molecule has 0 fully saturated rings. The van der Waals surface area contributed by atoms with Crippen molar-refractivity contribution < 1.29 is 19.1 Å². The number of ether oxygens (including phenoxy) is 2. The predicted molar refractivity (Wildman–Crippen MR) is 95.1 cm³/mol. The number of nitrogens with one attached hydrogen (secondary N) is 1. The van der Waals surface area contributed by atoms with Gasteiger partial charge in [0.1, 0.15) is 11.8 Å². The van der Waals surface area contributed by atoms with Gasteiger partial charge in [-0.1, -0.05) is 18.2 Å². The van der Waals surface area contributed by atoms with E-state index in [-0.39, 0.29) is 11.3 Å². The fourth-order valence-corrected chi connectivity index (χ4v) is 4.11. The minimum absolute atomic E-state index is 0.0109. The predicted octanol–water partition coefficient (Wildman–Crippen LogP) is 1.55. The second kappa shape index (κ2) is 6.68. The first-order valence-corrected chi connectivity index (χ1v) is 8.34. The number of carbonyl (C=O) groups is 2. The van der Waals surface area contributed by atoms with Crippen LogP contribution in [0, 0.1) is 56.7 Å². The molecule has 9 nitrogen and oxygen atoms in total. The molecule has 1 N–H and O–H groups in total. The summed E-state index contributed by atoms with van der Waals surface area (Å²) in [6, 6.07) is 13.6. The first-order valence-electron chi connectivity index (χ1n) is 8.34. The summed E-state index contributed by atoms with van der Waals surface area (Å²) in [7, 11) is 2.12. The molecular weight excluding hydrogens is 374 g/mol. The molecule has 0 saturated heterocycles. The summed E-state index contributed by atoms with van der Waals surface area (Å²) >= 11 is 0. The summed E-state index contributed by atoms with van der Waals surface area (Å²) in [6.45, 7) is 0. The van der Waals surface area contributed by atoms with E-state index in [0.717, 1.165) is 14.2 Å². The number of esters is 2. The molecule has 1 aromatic heterocycles. The lowest BCUT2D eigenvalue weighted by Gasteiger charge is -2.43. The fourth-order valence-electron chi connectivity index (χ4n) is 4.11. The van der Waals surface area contributed by atoms with E-state index in [2.05, 4.69) is 4.98 Å². The maximum absolute atomic E-state index is 12.7. The highest BCUT2D eigenvalue weighted by molar-refractivity contribution is 5.96. The van der Waals surface area contributed by atoms with Crippen LogP contribution in [0.2, 0.25) is 0 Å². The maximum atomic E-state index is 12.7. The number of para-hydroxylation sites is 1. The Hall–Kier alpha value is -4.34. The smallest absolute Gasteiger partial charge is 0.315 e. The van der Waals surface area contributed by atoms with Crippen molar-refractivity contribution in [3.05, 3.63) is 35.5 Å². The van der Waals surface area contributed by atoms with Crippen molar-refractivity contribution >= 4 is 22.8 Å². The largest absolute Gasteiger partial charge is 0.469 e. The molecule has 3 rings (SSSR count). The third-order valence-electron chi connectivity index (χ3n) is 5.41. The number of aromatic amines is 1. The molecular formula is C20H13N5O4. The number of fused-ring (bicyclic) bond motifs is 3. The van der Waals surface area contributed by atoms with Crippen molar-refractivity contribution in [2.75, 3.05) is 14.2 Å². The van der Waals surface area contributed by atoms with E-state index in [1.165, 1.54) is 0 Å². The summed E-state index contributed by atoms with van der Waals surface area (Å²) in [6.07, 6.45) is 0. The fraction of sp³-hybridized carbons (Fsp3) is 0.300. The summed E-state index contributed by atoms with van der Waals surface area (Å²) in [5.41, 5.74) is -4.35. The number of aromatic nitrogens is 1. The molecule has 1 heterocycles. The number of hydrogen-bond donors (Lipinski definition) is 1. The zero-order chi connectivity index (χ0) is 21.4. The number of H-pyrrole nitrogens is 1. The molecule has 0 spiro atoms. The number of nitriles is 4. The van der Waals surface area contributed by atoms with Gasteiger partial charge in [-0.05, 0) is 6.07 Å². The van der Waals surface area contributed by atoms with Gasteiger partial charge in [-0.3, -0.25) is 9.59 Å². The average Bonchev–Trinajstić information content (AvgIpc) is 3.15. The molecule has 0 saturated carbocycles. The Balaban J connectivity index is 2.62. The Morgan fingerprint density at radius 1 is 0.966 bits per heavy atom. The second-order valence-corrected chi connectivity index (χ2v) is 6.47. The van der Waals surface area contributed by atoms with Crippen molar-refractivity contribution in [1.82, 2.24) is 4.98 Å². The van der Waals surface area contributed by atoms with Gasteiger partial charge in [0.2, 0.25) is 5.41 Å². The van der Waals surface area contributed by atoms with E-state index in [1.54, 1.807) is 48.5 Å². The Kier molecular flexibility index (Phi) is 4.47. The zero-order valence-corrected chi connectivity index (χ0v) is 15.4. The van der Waals surface area contributed by atoms with E-state index in [9.17, 15) is 30.6 Å². The Bertz CT molecular complexity index is 1170. The van der Waals surface area contributed by atoms with Crippen molar-refractivity contribution in [1.29, 1.82) is 21.0 Å². The lowest BCUT2D eigenvalue weighted by Crippen LogP contribution is -2.57. The number of hydrogen-bond acceptors (Lipinski definition) is 8. The summed E-state index contributed by atoms with van der Waals surface area (Å²) in [5, 5.41) is 40.5. The molecule has 0 bridgehead atoms. The zero-order valence-electron chi connectivity index (χ0n) is 15.4. The van der Waals surface area contributed by atoms with E-state index in [0.29, 0.717) is 10.9 Å². The Labute approximate surface area is 165 Å². The molecule has 1 aliphatic rings. The van der Waals surface area contributed by atoms with Gasteiger partial charge in [-0.15, -0.1) is 0 Å². The van der Waals surface area contributed by atoms with Crippen LogP contribution >= 0.6 is 0 Å². The number of carbonyl (C=O) groups excluding carboxylic acids is 2. The normalized spacial score (nSPS) is 20.8. The molecule has 9 heteroatoms. The first kappa shape index (κ1) is 19.4. The maximum Gasteiger partial charge on any atom is 0.315 e. The molecule has 2 atom stereocenters. The van der Waals surface area contributed by atoms with Crippen molar-refractivity contribution in [3.63, 3.8) is 0 Å². The summed E-state index contributed by atoms with van der Waals surface area (Å²) < 4.78 is 9.60. The van der Waals surface area contributed by atoms with Crippen LogP contribution in [-0.4, -0.2) is 31.1 Å². The van der Waals surface area contributed by atoms with Gasteiger partial charge < -0.3 is 14.5 Å². The number of methoxy groups -OCH3 is 2. The van der Waals surface area contributed by atoms with Crippen LogP contribution in [0.4, 0.5) is 0 Å². The Morgan fingerprint density at radius 3 is 2.07 bits per heavy atom. The molecule has 0 radical (unpaired) electrons. The molecule has 29 heavy (non-hydrogen) atoms. The van der Waals surface area contributed by atoms with E-state index < -0.39 is 34.6 Å². The van der Waals surface area contributed by atoms with Gasteiger partial charge in [0, 0.05) is 22.2 Å². The molecule has 0 aliphatic heterocycles. The van der Waals surface area contributed by atoms with Crippen LogP contribution in [0.25, 0.3) is 10.9 Å². The third-order valence-corrected chi connectivity index (χ3v) is 5.41. The number of rotatable bonds is 2. The first-order chi connectivity index (χ1) is 13.9. The van der Waals surface area contributed by atoms with Crippen molar-refractivity contribution in [2.45, 2.75) is 11.3 Å². The minimum Gasteiger partial charge on any atom is -0.469 e. The second-order valence-electron chi connectivity index (χ2n) is 6.47. The standard InChI is InChI=1S/C20H13N5O4/c1-28-17(26)13-15(18(27)29-2)20(9-23,10-24)19(7-21,8-22)14-11-5-3-4-6-12(11)25-16(13)14/h3-6,13,15,25H,1-2H3/t13-,15-/m0/s1. The molecule has 1 aliphatic carbocycles. The van der Waals surface area contributed by atoms with Crippen LogP contribution in [0.3, 0.4) is 0 Å². The van der Waals surface area contributed by atoms with Gasteiger partial charge in [0.25, 0.3) is 0 Å².